The topological polar surface area (TPSA) is 50.7 Å². The highest BCUT2D eigenvalue weighted by molar-refractivity contribution is 5.85. The quantitative estimate of drug-likeness (QED) is 0.193. The monoisotopic (exact) mass is 370 g/mol. The number of nitrogens with one attached hydrogen (secondary N) is 1. The maximum Gasteiger partial charge on any atom is 0.240 e. The van der Waals surface area contributed by atoms with E-state index >= 15 is 0 Å². The fourth-order valence-electron chi connectivity index (χ4n) is 2.84. The first-order valence-electron chi connectivity index (χ1n) is 10.2. The fraction of sp³-hybridized carbons (Fsp3) is 0.565. The average molecular weight is 371 g/mol. The number of nitrogens with zero attached hydrogens (tertiary/aromatic N) is 1. The van der Waals surface area contributed by atoms with Crippen LogP contribution < -0.4 is 10.2 Å². The smallest absolute Gasteiger partial charge is 0.240 e. The number of amides is 1. The van der Waals surface area contributed by atoms with Gasteiger partial charge in [-0.3, -0.25) is 4.79 Å². The first kappa shape index (κ1) is 22.8. The summed E-state index contributed by atoms with van der Waals surface area (Å²) in [6.45, 7) is 2.45. The number of benzene rings is 1. The Hall–Kier alpha value is -2.28. The third-order valence-corrected chi connectivity index (χ3v) is 4.38. The van der Waals surface area contributed by atoms with E-state index in [4.69, 9.17) is 11.2 Å². The molecule has 1 N–H and O–H groups in total. The van der Waals surface area contributed by atoms with Crippen molar-refractivity contribution in [2.24, 2.45) is 5.10 Å². The maximum absolute atomic E-state index is 11.8. The Morgan fingerprint density at radius 1 is 1.07 bits per heavy atom. The Kier molecular flexibility index (Phi) is 13.4. The molecule has 0 aliphatic heterocycles. The summed E-state index contributed by atoms with van der Waals surface area (Å²) in [6.07, 6.45) is 19.9. The molecule has 1 amide bonds. The number of hydrazone groups is 1. The SMILES string of the molecule is C#CCOc1ccccc1/C=N/NC(=O)CCCCCCCCCCCC. The summed E-state index contributed by atoms with van der Waals surface area (Å²) < 4.78 is 5.44. The van der Waals surface area contributed by atoms with Gasteiger partial charge in [0.25, 0.3) is 0 Å². The van der Waals surface area contributed by atoms with Gasteiger partial charge in [0.2, 0.25) is 5.91 Å². The second-order valence-corrected chi connectivity index (χ2v) is 6.76. The van der Waals surface area contributed by atoms with Gasteiger partial charge in [-0.05, 0) is 18.6 Å². The van der Waals surface area contributed by atoms with Crippen LogP contribution in [-0.4, -0.2) is 18.7 Å². The van der Waals surface area contributed by atoms with Crippen molar-refractivity contribution in [3.63, 3.8) is 0 Å². The van der Waals surface area contributed by atoms with Crippen LogP contribution in [0.3, 0.4) is 0 Å². The van der Waals surface area contributed by atoms with E-state index in [2.05, 4.69) is 23.4 Å². The normalized spacial score (nSPS) is 10.7. The van der Waals surface area contributed by atoms with Crippen LogP contribution >= 0.6 is 0 Å². The molecule has 0 radical (unpaired) electrons. The summed E-state index contributed by atoms with van der Waals surface area (Å²) in [7, 11) is 0. The Morgan fingerprint density at radius 2 is 1.70 bits per heavy atom. The van der Waals surface area contributed by atoms with Crippen LogP contribution in [0.15, 0.2) is 29.4 Å². The second kappa shape index (κ2) is 15.9. The molecule has 1 aromatic carbocycles. The van der Waals surface area contributed by atoms with Gasteiger partial charge in [0.15, 0.2) is 0 Å². The zero-order chi connectivity index (χ0) is 19.6. The number of carbonyl (C=O) groups is 1. The van der Waals surface area contributed by atoms with Crippen LogP contribution in [0.5, 0.6) is 5.75 Å². The predicted molar refractivity (Wildman–Crippen MR) is 113 cm³/mol. The molecular weight excluding hydrogens is 336 g/mol. The molecule has 0 fully saturated rings. The van der Waals surface area contributed by atoms with Gasteiger partial charge in [0, 0.05) is 12.0 Å². The molecule has 0 saturated heterocycles. The van der Waals surface area contributed by atoms with E-state index in [0.717, 1.165) is 18.4 Å². The molecule has 0 aromatic heterocycles. The van der Waals surface area contributed by atoms with Crippen LogP contribution in [0, 0.1) is 12.3 Å². The summed E-state index contributed by atoms with van der Waals surface area (Å²) in [5.74, 6) is 3.04. The van der Waals surface area contributed by atoms with Crippen LogP contribution in [0.2, 0.25) is 0 Å². The van der Waals surface area contributed by atoms with Crippen molar-refractivity contribution in [3.8, 4) is 18.1 Å². The van der Waals surface area contributed by atoms with Crippen molar-refractivity contribution in [1.29, 1.82) is 0 Å². The lowest BCUT2D eigenvalue weighted by Gasteiger charge is -2.05. The lowest BCUT2D eigenvalue weighted by molar-refractivity contribution is -0.121. The number of para-hydroxylation sites is 1. The molecule has 1 aromatic rings. The van der Waals surface area contributed by atoms with Gasteiger partial charge < -0.3 is 4.74 Å². The molecule has 4 heteroatoms. The lowest BCUT2D eigenvalue weighted by atomic mass is 10.1. The van der Waals surface area contributed by atoms with Crippen LogP contribution in [0.4, 0.5) is 0 Å². The largest absolute Gasteiger partial charge is 0.480 e. The van der Waals surface area contributed by atoms with Crippen LogP contribution in [-0.2, 0) is 4.79 Å². The number of hydrogen-bond donors (Lipinski definition) is 1. The van der Waals surface area contributed by atoms with Crippen molar-refractivity contribution in [1.82, 2.24) is 5.43 Å². The number of ether oxygens (including phenoxy) is 1. The zero-order valence-electron chi connectivity index (χ0n) is 16.7. The summed E-state index contributed by atoms with van der Waals surface area (Å²) in [6, 6.07) is 7.44. The van der Waals surface area contributed by atoms with Crippen LogP contribution in [0.25, 0.3) is 0 Å². The minimum Gasteiger partial charge on any atom is -0.480 e. The van der Waals surface area contributed by atoms with E-state index in [9.17, 15) is 4.79 Å². The molecule has 0 saturated carbocycles. The summed E-state index contributed by atoms with van der Waals surface area (Å²) in [5, 5.41) is 4.02. The Bertz CT molecular complexity index is 590. The molecule has 0 aliphatic rings. The van der Waals surface area contributed by atoms with E-state index in [1.807, 2.05) is 24.3 Å². The molecule has 0 aliphatic carbocycles. The molecule has 0 atom stereocenters. The first-order valence-corrected chi connectivity index (χ1v) is 10.2. The summed E-state index contributed by atoms with van der Waals surface area (Å²) >= 11 is 0. The zero-order valence-corrected chi connectivity index (χ0v) is 16.7. The average Bonchev–Trinajstić information content (AvgIpc) is 2.68. The molecule has 148 valence electrons. The van der Waals surface area contributed by atoms with E-state index < -0.39 is 0 Å². The highest BCUT2D eigenvalue weighted by Crippen LogP contribution is 2.15. The second-order valence-electron chi connectivity index (χ2n) is 6.76. The van der Waals surface area contributed by atoms with Crippen molar-refractivity contribution >= 4 is 12.1 Å². The number of terminal acetylenes is 1. The Balaban J connectivity index is 2.11. The Morgan fingerprint density at radius 3 is 2.37 bits per heavy atom. The molecule has 0 spiro atoms. The van der Waals surface area contributed by atoms with Gasteiger partial charge in [-0.1, -0.05) is 82.8 Å². The minimum absolute atomic E-state index is 0.0483. The molecule has 4 nitrogen and oxygen atoms in total. The number of hydrogen-bond acceptors (Lipinski definition) is 3. The molecule has 1 rings (SSSR count). The summed E-state index contributed by atoms with van der Waals surface area (Å²) in [4.78, 5) is 11.8. The van der Waals surface area contributed by atoms with Gasteiger partial charge in [-0.25, -0.2) is 5.43 Å². The van der Waals surface area contributed by atoms with Crippen molar-refractivity contribution in [3.05, 3.63) is 29.8 Å². The predicted octanol–water partition coefficient (Wildman–Crippen LogP) is 5.46. The van der Waals surface area contributed by atoms with Crippen molar-refractivity contribution in [2.75, 3.05) is 6.61 Å². The van der Waals surface area contributed by atoms with Crippen molar-refractivity contribution in [2.45, 2.75) is 77.6 Å². The third-order valence-electron chi connectivity index (χ3n) is 4.38. The van der Waals surface area contributed by atoms with Crippen molar-refractivity contribution < 1.29 is 9.53 Å². The van der Waals surface area contributed by atoms with Gasteiger partial charge in [0.1, 0.15) is 12.4 Å². The number of carbonyl (C=O) groups excluding carboxylic acids is 1. The van der Waals surface area contributed by atoms with E-state index in [0.29, 0.717) is 12.2 Å². The maximum atomic E-state index is 11.8. The molecule has 0 bridgehead atoms. The van der Waals surface area contributed by atoms with E-state index in [1.54, 1.807) is 6.21 Å². The van der Waals surface area contributed by atoms with Gasteiger partial charge >= 0.3 is 0 Å². The first-order chi connectivity index (χ1) is 13.3. The molecular formula is C23H34N2O2. The molecule has 0 heterocycles. The Labute approximate surface area is 164 Å². The molecule has 0 unspecified atom stereocenters. The van der Waals surface area contributed by atoms with Gasteiger partial charge in [-0.2, -0.15) is 5.10 Å². The number of unbranched alkanes of at least 4 members (excludes halogenated alkanes) is 9. The van der Waals surface area contributed by atoms with Gasteiger partial charge in [-0.15, -0.1) is 6.42 Å². The highest BCUT2D eigenvalue weighted by Gasteiger charge is 2.01. The number of rotatable bonds is 15. The summed E-state index contributed by atoms with van der Waals surface area (Å²) in [5.41, 5.74) is 3.36. The lowest BCUT2D eigenvalue weighted by Crippen LogP contribution is -2.17. The van der Waals surface area contributed by atoms with E-state index in [1.165, 1.54) is 51.4 Å². The highest BCUT2D eigenvalue weighted by atomic mass is 16.5. The van der Waals surface area contributed by atoms with Gasteiger partial charge in [0.05, 0.1) is 6.21 Å². The molecule has 27 heavy (non-hydrogen) atoms. The van der Waals surface area contributed by atoms with E-state index in [-0.39, 0.29) is 12.5 Å². The minimum atomic E-state index is -0.0483. The standard InChI is InChI=1S/C23H34N2O2/c1-3-5-6-7-8-9-10-11-12-13-18-23(26)25-24-20-21-16-14-15-17-22(21)27-19-4-2/h2,14-17,20H,3,5-13,18-19H2,1H3,(H,25,26)/b24-20+. The third kappa shape index (κ3) is 11.9. The fourth-order valence-corrected chi connectivity index (χ4v) is 2.84. The van der Waals surface area contributed by atoms with Crippen LogP contribution in [0.1, 0.15) is 83.1 Å².